The van der Waals surface area contributed by atoms with Gasteiger partial charge in [0.05, 0.1) is 18.3 Å². The van der Waals surface area contributed by atoms with Crippen molar-refractivity contribution < 1.29 is 14.7 Å². The molecule has 4 rings (SSSR count). The first-order valence-corrected chi connectivity index (χ1v) is 11.1. The van der Waals surface area contributed by atoms with E-state index in [4.69, 9.17) is 0 Å². The minimum Gasteiger partial charge on any atom is -0.371 e. The molecular formula is C23H31N5O3. The van der Waals surface area contributed by atoms with E-state index < -0.39 is 18.3 Å². The van der Waals surface area contributed by atoms with Crippen molar-refractivity contribution in [2.75, 3.05) is 4.90 Å². The first-order chi connectivity index (χ1) is 15.0. The fraction of sp³-hybridized carbons (Fsp3) is 0.522. The molecule has 4 atom stereocenters. The number of hydrogen-bond acceptors (Lipinski definition) is 5. The lowest BCUT2D eigenvalue weighted by atomic mass is 10.0. The van der Waals surface area contributed by atoms with E-state index in [1.54, 1.807) is 6.20 Å². The number of aliphatic hydroxyl groups excluding tert-OH is 1. The molecule has 3 heterocycles. The van der Waals surface area contributed by atoms with Crippen LogP contribution in [0.4, 0.5) is 5.69 Å². The Morgan fingerprint density at radius 2 is 2.13 bits per heavy atom. The third kappa shape index (κ3) is 4.44. The maximum atomic E-state index is 13.1. The fourth-order valence-corrected chi connectivity index (χ4v) is 4.55. The number of aliphatic hydroxyl groups is 1. The van der Waals surface area contributed by atoms with Crippen LogP contribution in [-0.4, -0.2) is 45.4 Å². The van der Waals surface area contributed by atoms with E-state index in [0.717, 1.165) is 35.3 Å². The van der Waals surface area contributed by atoms with Gasteiger partial charge >= 0.3 is 0 Å². The van der Waals surface area contributed by atoms with E-state index >= 15 is 0 Å². The standard InChI is InChI=1S/C23H31N5O3/c1-3-14(2)11-20(29)26-18-8-7-15-5-4-6-16-12-19(28(21(15)16)23(18)31)22(30)24-13-17-9-10-25-27-17/h4-6,9-10,14,18-19,23,31H,3,7-8,11-13H2,1-2H3,(H,24,30)(H,25,27)(H,26,29). The van der Waals surface area contributed by atoms with Crippen molar-refractivity contribution in [1.82, 2.24) is 20.8 Å². The van der Waals surface area contributed by atoms with Crippen molar-refractivity contribution in [1.29, 1.82) is 0 Å². The minimum absolute atomic E-state index is 0.0518. The number of rotatable bonds is 7. The first-order valence-electron chi connectivity index (χ1n) is 11.1. The number of aryl methyl sites for hydroxylation is 1. The van der Waals surface area contributed by atoms with Crippen LogP contribution in [0.15, 0.2) is 30.5 Å². The zero-order valence-corrected chi connectivity index (χ0v) is 18.1. The zero-order chi connectivity index (χ0) is 22.0. The molecular weight excluding hydrogens is 394 g/mol. The highest BCUT2D eigenvalue weighted by molar-refractivity contribution is 5.89. The smallest absolute Gasteiger partial charge is 0.243 e. The first kappa shape index (κ1) is 21.4. The van der Waals surface area contributed by atoms with Crippen LogP contribution in [0, 0.1) is 5.92 Å². The Morgan fingerprint density at radius 1 is 1.32 bits per heavy atom. The number of H-pyrrole nitrogens is 1. The third-order valence-corrected chi connectivity index (χ3v) is 6.47. The van der Waals surface area contributed by atoms with E-state index in [2.05, 4.69) is 27.8 Å². The number of carbonyl (C=O) groups is 2. The topological polar surface area (TPSA) is 110 Å². The number of aromatic amines is 1. The van der Waals surface area contributed by atoms with Gasteiger partial charge in [-0.25, -0.2) is 0 Å². The number of nitrogens with one attached hydrogen (secondary N) is 3. The summed E-state index contributed by atoms with van der Waals surface area (Å²) in [6.07, 6.45) is 3.95. The van der Waals surface area contributed by atoms with Gasteiger partial charge in [0.15, 0.2) is 0 Å². The number of benzene rings is 1. The highest BCUT2D eigenvalue weighted by Gasteiger charge is 2.43. The maximum Gasteiger partial charge on any atom is 0.243 e. The van der Waals surface area contributed by atoms with Gasteiger partial charge in [0, 0.05) is 24.7 Å². The average Bonchev–Trinajstić information content (AvgIpc) is 3.39. The van der Waals surface area contributed by atoms with Gasteiger partial charge in [0.25, 0.3) is 0 Å². The largest absolute Gasteiger partial charge is 0.371 e. The van der Waals surface area contributed by atoms with Crippen LogP contribution < -0.4 is 15.5 Å². The second kappa shape index (κ2) is 9.09. The fourth-order valence-electron chi connectivity index (χ4n) is 4.55. The molecule has 0 saturated carbocycles. The van der Waals surface area contributed by atoms with E-state index in [-0.39, 0.29) is 11.8 Å². The molecule has 0 saturated heterocycles. The SMILES string of the molecule is CCC(C)CC(=O)NC1CCc2cccc3c2N(C(C(=O)NCc2ccn[nH]2)C3)C1O. The number of nitrogens with zero attached hydrogens (tertiary/aromatic N) is 2. The van der Waals surface area contributed by atoms with Crippen molar-refractivity contribution in [2.45, 2.75) is 70.8 Å². The van der Waals surface area contributed by atoms with Crippen LogP contribution in [0.2, 0.25) is 0 Å². The molecule has 4 N–H and O–H groups in total. The van der Waals surface area contributed by atoms with Gasteiger partial charge in [-0.1, -0.05) is 38.5 Å². The second-order valence-electron chi connectivity index (χ2n) is 8.70. The summed E-state index contributed by atoms with van der Waals surface area (Å²) < 4.78 is 0. The van der Waals surface area contributed by atoms with Gasteiger partial charge < -0.3 is 20.6 Å². The molecule has 8 heteroatoms. The van der Waals surface area contributed by atoms with Crippen molar-refractivity contribution >= 4 is 17.5 Å². The summed E-state index contributed by atoms with van der Waals surface area (Å²) in [4.78, 5) is 27.5. The number of anilines is 1. The molecule has 2 aromatic rings. The lowest BCUT2D eigenvalue weighted by Gasteiger charge is -2.35. The van der Waals surface area contributed by atoms with Crippen LogP contribution in [0.3, 0.4) is 0 Å². The predicted octanol–water partition coefficient (Wildman–Crippen LogP) is 1.64. The van der Waals surface area contributed by atoms with Crippen molar-refractivity contribution in [3.63, 3.8) is 0 Å². The number of amides is 2. The van der Waals surface area contributed by atoms with Crippen molar-refractivity contribution in [2.24, 2.45) is 5.92 Å². The maximum absolute atomic E-state index is 13.1. The molecule has 2 aliphatic heterocycles. The number of carbonyl (C=O) groups excluding carboxylic acids is 2. The Balaban J connectivity index is 1.54. The van der Waals surface area contributed by atoms with Crippen LogP contribution in [0.5, 0.6) is 0 Å². The van der Waals surface area contributed by atoms with Gasteiger partial charge in [-0.15, -0.1) is 0 Å². The van der Waals surface area contributed by atoms with E-state index in [9.17, 15) is 14.7 Å². The number of aromatic nitrogens is 2. The molecule has 2 amide bonds. The second-order valence-corrected chi connectivity index (χ2v) is 8.70. The molecule has 0 spiro atoms. The molecule has 166 valence electrons. The Hall–Kier alpha value is -2.87. The van der Waals surface area contributed by atoms with Crippen LogP contribution in [0.25, 0.3) is 0 Å². The molecule has 1 aromatic heterocycles. The quantitative estimate of drug-likeness (QED) is 0.539. The van der Waals surface area contributed by atoms with Gasteiger partial charge in [-0.3, -0.25) is 14.7 Å². The molecule has 8 nitrogen and oxygen atoms in total. The molecule has 0 aliphatic carbocycles. The van der Waals surface area contributed by atoms with Crippen LogP contribution in [-0.2, 0) is 29.0 Å². The Morgan fingerprint density at radius 3 is 2.87 bits per heavy atom. The lowest BCUT2D eigenvalue weighted by molar-refractivity contribution is -0.123. The number of para-hydroxylation sites is 1. The van der Waals surface area contributed by atoms with E-state index in [1.165, 1.54) is 0 Å². The molecule has 2 aliphatic rings. The molecule has 0 fully saturated rings. The Kier molecular flexibility index (Phi) is 6.27. The summed E-state index contributed by atoms with van der Waals surface area (Å²) in [7, 11) is 0. The third-order valence-electron chi connectivity index (χ3n) is 6.47. The molecule has 0 radical (unpaired) electrons. The van der Waals surface area contributed by atoms with Crippen LogP contribution in [0.1, 0.15) is 49.9 Å². The monoisotopic (exact) mass is 425 g/mol. The number of hydrogen-bond donors (Lipinski definition) is 4. The van der Waals surface area contributed by atoms with Gasteiger partial charge in [-0.2, -0.15) is 5.10 Å². The normalized spacial score (nSPS) is 23.1. The highest BCUT2D eigenvalue weighted by atomic mass is 16.3. The van der Waals surface area contributed by atoms with Gasteiger partial charge in [-0.05, 0) is 36.0 Å². The van der Waals surface area contributed by atoms with Gasteiger partial charge in [0.2, 0.25) is 11.8 Å². The molecule has 31 heavy (non-hydrogen) atoms. The highest BCUT2D eigenvalue weighted by Crippen LogP contribution is 2.40. The summed E-state index contributed by atoms with van der Waals surface area (Å²) >= 11 is 0. The minimum atomic E-state index is -0.964. The predicted molar refractivity (Wildman–Crippen MR) is 117 cm³/mol. The summed E-state index contributed by atoms with van der Waals surface area (Å²) in [5, 5.41) is 24.0. The summed E-state index contributed by atoms with van der Waals surface area (Å²) in [6.45, 7) is 4.45. The summed E-state index contributed by atoms with van der Waals surface area (Å²) in [6, 6.07) is 6.92. The molecule has 0 bridgehead atoms. The average molecular weight is 426 g/mol. The molecule has 1 aromatic carbocycles. The van der Waals surface area contributed by atoms with Crippen LogP contribution >= 0.6 is 0 Å². The van der Waals surface area contributed by atoms with Crippen molar-refractivity contribution in [3.8, 4) is 0 Å². The summed E-state index contributed by atoms with van der Waals surface area (Å²) in [5.74, 6) is 0.0888. The zero-order valence-electron chi connectivity index (χ0n) is 18.1. The van der Waals surface area contributed by atoms with Gasteiger partial charge in [0.1, 0.15) is 12.3 Å². The Bertz CT molecular complexity index is 929. The Labute approximate surface area is 182 Å². The van der Waals surface area contributed by atoms with E-state index in [1.807, 2.05) is 36.1 Å². The van der Waals surface area contributed by atoms with Crippen molar-refractivity contribution in [3.05, 3.63) is 47.3 Å². The summed E-state index contributed by atoms with van der Waals surface area (Å²) in [5.41, 5.74) is 3.93. The van der Waals surface area contributed by atoms with E-state index in [0.29, 0.717) is 31.7 Å². The lowest BCUT2D eigenvalue weighted by Crippen LogP contribution is -2.57. The molecule has 4 unspecified atom stereocenters.